The van der Waals surface area contributed by atoms with Gasteiger partial charge in [-0.25, -0.2) is 4.68 Å². The molecule has 1 heterocycles. The van der Waals surface area contributed by atoms with Gasteiger partial charge in [0.15, 0.2) is 11.5 Å². The summed E-state index contributed by atoms with van der Waals surface area (Å²) in [6, 6.07) is 18.5. The molecule has 0 spiro atoms. The van der Waals surface area contributed by atoms with Gasteiger partial charge in [0, 0.05) is 5.69 Å². The van der Waals surface area contributed by atoms with Gasteiger partial charge in [-0.1, -0.05) is 53.7 Å². The Morgan fingerprint density at radius 1 is 0.962 bits per heavy atom. The van der Waals surface area contributed by atoms with Crippen LogP contribution in [0.15, 0.2) is 60.7 Å². The van der Waals surface area contributed by atoms with Crippen molar-refractivity contribution < 1.29 is 9.59 Å². The molecule has 8 heteroatoms. The van der Waals surface area contributed by atoms with Crippen LogP contribution in [0.25, 0.3) is 0 Å². The highest BCUT2D eigenvalue weighted by Gasteiger charge is 2.21. The third-order valence-corrected chi connectivity index (χ3v) is 3.78. The van der Waals surface area contributed by atoms with Crippen LogP contribution in [0.5, 0.6) is 0 Å². The zero-order valence-corrected chi connectivity index (χ0v) is 14.5. The van der Waals surface area contributed by atoms with Crippen molar-refractivity contribution in [1.82, 2.24) is 15.0 Å². The Hall–Kier alpha value is -3.19. The van der Waals surface area contributed by atoms with E-state index in [0.717, 1.165) is 5.56 Å². The predicted molar refractivity (Wildman–Crippen MR) is 99.3 cm³/mol. The normalized spacial score (nSPS) is 10.3. The lowest BCUT2D eigenvalue weighted by Gasteiger charge is -2.09. The summed E-state index contributed by atoms with van der Waals surface area (Å²) in [6.07, 6.45) is 0. The molecule has 0 atom stereocenters. The van der Waals surface area contributed by atoms with E-state index in [-0.39, 0.29) is 17.4 Å². The summed E-state index contributed by atoms with van der Waals surface area (Å²) < 4.78 is 1.46. The molecule has 0 unspecified atom stereocenters. The third kappa shape index (κ3) is 4.25. The third-order valence-electron chi connectivity index (χ3n) is 3.54. The lowest BCUT2D eigenvalue weighted by molar-refractivity contribution is -0.114. The van der Waals surface area contributed by atoms with Gasteiger partial charge in [-0.3, -0.25) is 9.59 Å². The standard InChI is InChI=1S/C18H16ClN5O2/c19-11-15(25)21-17-16(18(26)20-14-9-5-2-6-10-14)22-23-24(17)12-13-7-3-1-4-8-13/h1-10H,11-12H2,(H,20,26)(H,21,25). The summed E-state index contributed by atoms with van der Waals surface area (Å²) in [5.41, 5.74) is 1.58. The van der Waals surface area contributed by atoms with Crippen molar-refractivity contribution in [3.05, 3.63) is 71.9 Å². The van der Waals surface area contributed by atoms with Gasteiger partial charge in [-0.05, 0) is 17.7 Å². The molecule has 0 aliphatic heterocycles. The average Bonchev–Trinajstić information content (AvgIpc) is 3.05. The van der Waals surface area contributed by atoms with Crippen molar-refractivity contribution >= 4 is 34.9 Å². The Morgan fingerprint density at radius 2 is 1.62 bits per heavy atom. The molecule has 0 fully saturated rings. The fourth-order valence-corrected chi connectivity index (χ4v) is 2.40. The van der Waals surface area contributed by atoms with Gasteiger partial charge in [-0.2, -0.15) is 0 Å². The monoisotopic (exact) mass is 369 g/mol. The smallest absolute Gasteiger partial charge is 0.280 e. The molecule has 0 aliphatic carbocycles. The van der Waals surface area contributed by atoms with Crippen molar-refractivity contribution in [3.63, 3.8) is 0 Å². The molecule has 0 aliphatic rings. The molecule has 0 radical (unpaired) electrons. The Balaban J connectivity index is 1.88. The number of benzene rings is 2. The van der Waals surface area contributed by atoms with E-state index in [4.69, 9.17) is 11.6 Å². The minimum absolute atomic E-state index is 0.0169. The first-order valence-electron chi connectivity index (χ1n) is 7.87. The van der Waals surface area contributed by atoms with Crippen LogP contribution in [-0.4, -0.2) is 32.7 Å². The predicted octanol–water partition coefficient (Wildman–Crippen LogP) is 2.76. The second-order valence-electron chi connectivity index (χ2n) is 5.43. The molecule has 0 bridgehead atoms. The molecular formula is C18H16ClN5O2. The first-order valence-corrected chi connectivity index (χ1v) is 8.40. The van der Waals surface area contributed by atoms with E-state index in [0.29, 0.717) is 12.2 Å². The number of carbonyl (C=O) groups excluding carboxylic acids is 2. The topological polar surface area (TPSA) is 88.9 Å². The van der Waals surface area contributed by atoms with Crippen molar-refractivity contribution in [2.24, 2.45) is 0 Å². The molecular weight excluding hydrogens is 354 g/mol. The first kappa shape index (κ1) is 17.6. The number of nitrogens with one attached hydrogen (secondary N) is 2. The second kappa shape index (κ2) is 8.26. The largest absolute Gasteiger partial charge is 0.320 e. The van der Waals surface area contributed by atoms with Gasteiger partial charge in [0.05, 0.1) is 6.54 Å². The molecule has 26 heavy (non-hydrogen) atoms. The number of alkyl halides is 1. The first-order chi connectivity index (χ1) is 12.7. The van der Waals surface area contributed by atoms with Crippen LogP contribution in [0.2, 0.25) is 0 Å². The fourth-order valence-electron chi connectivity index (χ4n) is 2.33. The number of carbonyl (C=O) groups is 2. The van der Waals surface area contributed by atoms with Crippen LogP contribution < -0.4 is 10.6 Å². The van der Waals surface area contributed by atoms with Crippen molar-refractivity contribution in [3.8, 4) is 0 Å². The van der Waals surface area contributed by atoms with Gasteiger partial charge in [0.2, 0.25) is 5.91 Å². The highest BCUT2D eigenvalue weighted by atomic mass is 35.5. The lowest BCUT2D eigenvalue weighted by atomic mass is 10.2. The zero-order valence-electron chi connectivity index (χ0n) is 13.7. The van der Waals surface area contributed by atoms with E-state index >= 15 is 0 Å². The molecule has 1 aromatic heterocycles. The van der Waals surface area contributed by atoms with E-state index in [9.17, 15) is 9.59 Å². The van der Waals surface area contributed by atoms with Crippen LogP contribution in [0, 0.1) is 0 Å². The number of nitrogens with zero attached hydrogens (tertiary/aromatic N) is 3. The number of hydrogen-bond donors (Lipinski definition) is 2. The van der Waals surface area contributed by atoms with Crippen LogP contribution in [-0.2, 0) is 11.3 Å². The van der Waals surface area contributed by atoms with Crippen LogP contribution in [0.4, 0.5) is 11.5 Å². The molecule has 0 saturated heterocycles. The number of para-hydroxylation sites is 1. The SMILES string of the molecule is O=C(CCl)Nc1c(C(=O)Nc2ccccc2)nnn1Cc1ccccc1. The average molecular weight is 370 g/mol. The zero-order chi connectivity index (χ0) is 18.4. The minimum atomic E-state index is -0.472. The Morgan fingerprint density at radius 3 is 2.27 bits per heavy atom. The number of aromatic nitrogens is 3. The molecule has 3 aromatic rings. The lowest BCUT2D eigenvalue weighted by Crippen LogP contribution is -2.21. The van der Waals surface area contributed by atoms with Crippen LogP contribution >= 0.6 is 11.6 Å². The number of rotatable bonds is 6. The van der Waals surface area contributed by atoms with Crippen molar-refractivity contribution in [2.75, 3.05) is 16.5 Å². The molecule has 0 saturated carbocycles. The minimum Gasteiger partial charge on any atom is -0.320 e. The van der Waals surface area contributed by atoms with Crippen molar-refractivity contribution in [2.45, 2.75) is 6.54 Å². The maximum atomic E-state index is 12.6. The van der Waals surface area contributed by atoms with Gasteiger partial charge in [0.1, 0.15) is 5.88 Å². The molecule has 2 aromatic carbocycles. The number of amides is 2. The maximum absolute atomic E-state index is 12.6. The van der Waals surface area contributed by atoms with E-state index in [2.05, 4.69) is 20.9 Å². The summed E-state index contributed by atoms with van der Waals surface area (Å²) in [6.45, 7) is 0.352. The number of hydrogen-bond acceptors (Lipinski definition) is 4. The van der Waals surface area contributed by atoms with Crippen molar-refractivity contribution in [1.29, 1.82) is 0 Å². The summed E-state index contributed by atoms with van der Waals surface area (Å²) in [7, 11) is 0. The second-order valence-corrected chi connectivity index (χ2v) is 5.70. The molecule has 132 valence electrons. The van der Waals surface area contributed by atoms with Gasteiger partial charge >= 0.3 is 0 Å². The molecule has 2 amide bonds. The fraction of sp³-hybridized carbons (Fsp3) is 0.111. The van der Waals surface area contributed by atoms with E-state index in [1.807, 2.05) is 36.4 Å². The summed E-state index contributed by atoms with van der Waals surface area (Å²) in [5.74, 6) is -0.957. The number of halogens is 1. The van der Waals surface area contributed by atoms with E-state index in [1.165, 1.54) is 4.68 Å². The Kier molecular flexibility index (Phi) is 5.60. The van der Waals surface area contributed by atoms with Gasteiger partial charge in [0.25, 0.3) is 5.91 Å². The highest BCUT2D eigenvalue weighted by Crippen LogP contribution is 2.17. The molecule has 3 rings (SSSR count). The maximum Gasteiger partial charge on any atom is 0.280 e. The molecule has 7 nitrogen and oxygen atoms in total. The summed E-state index contributed by atoms with van der Waals surface area (Å²) >= 11 is 5.58. The molecule has 2 N–H and O–H groups in total. The van der Waals surface area contributed by atoms with Crippen LogP contribution in [0.1, 0.15) is 16.1 Å². The number of anilines is 2. The summed E-state index contributed by atoms with van der Waals surface area (Å²) in [5, 5.41) is 13.3. The summed E-state index contributed by atoms with van der Waals surface area (Å²) in [4.78, 5) is 24.3. The van der Waals surface area contributed by atoms with E-state index < -0.39 is 11.8 Å². The Labute approximate surface area is 155 Å². The quantitative estimate of drug-likeness (QED) is 0.654. The van der Waals surface area contributed by atoms with E-state index in [1.54, 1.807) is 24.3 Å². The van der Waals surface area contributed by atoms with Gasteiger partial charge < -0.3 is 10.6 Å². The van der Waals surface area contributed by atoms with Gasteiger partial charge in [-0.15, -0.1) is 16.7 Å². The van der Waals surface area contributed by atoms with Crippen LogP contribution in [0.3, 0.4) is 0 Å². The Bertz CT molecular complexity index is 896. The highest BCUT2D eigenvalue weighted by molar-refractivity contribution is 6.29.